The number of carbonyl (C=O) groups excluding carboxylic acids is 1. The molecule has 0 aliphatic heterocycles. The van der Waals surface area contributed by atoms with Crippen LogP contribution in [0, 0.1) is 5.82 Å². The van der Waals surface area contributed by atoms with Crippen molar-refractivity contribution in [1.29, 1.82) is 0 Å². The summed E-state index contributed by atoms with van der Waals surface area (Å²) in [5.41, 5.74) is 0.414. The van der Waals surface area contributed by atoms with Crippen LogP contribution in [0.1, 0.15) is 6.92 Å². The predicted molar refractivity (Wildman–Crippen MR) is 84.3 cm³/mol. The van der Waals surface area contributed by atoms with Crippen LogP contribution in [0.3, 0.4) is 0 Å². The van der Waals surface area contributed by atoms with E-state index < -0.39 is 11.9 Å². The van der Waals surface area contributed by atoms with Gasteiger partial charge in [-0.1, -0.05) is 27.5 Å². The van der Waals surface area contributed by atoms with Gasteiger partial charge in [-0.25, -0.2) is 4.39 Å². The first-order chi connectivity index (χ1) is 9.95. The Balaban J connectivity index is 1.98. The Labute approximate surface area is 135 Å². The molecule has 21 heavy (non-hydrogen) atoms. The SMILES string of the molecule is C[C@H](Oc1ccc(Br)cc1)C(=O)Nc1ccc(F)c(Cl)c1. The van der Waals surface area contributed by atoms with E-state index in [1.807, 2.05) is 12.1 Å². The first kappa shape index (κ1) is 15.8. The molecule has 0 heterocycles. The Bertz CT molecular complexity index is 649. The van der Waals surface area contributed by atoms with Crippen molar-refractivity contribution in [3.8, 4) is 5.75 Å². The average Bonchev–Trinajstić information content (AvgIpc) is 2.45. The number of amides is 1. The topological polar surface area (TPSA) is 38.3 Å². The summed E-state index contributed by atoms with van der Waals surface area (Å²) in [5, 5.41) is 2.57. The van der Waals surface area contributed by atoms with Gasteiger partial charge in [0.25, 0.3) is 5.91 Å². The smallest absolute Gasteiger partial charge is 0.265 e. The summed E-state index contributed by atoms with van der Waals surface area (Å²) in [6, 6.07) is 11.1. The first-order valence-corrected chi connectivity index (χ1v) is 7.31. The lowest BCUT2D eigenvalue weighted by Gasteiger charge is -2.15. The number of ether oxygens (including phenoxy) is 1. The van der Waals surface area contributed by atoms with Crippen molar-refractivity contribution in [2.75, 3.05) is 5.32 Å². The number of rotatable bonds is 4. The second kappa shape index (κ2) is 6.91. The summed E-state index contributed by atoms with van der Waals surface area (Å²) in [5.74, 6) is -0.299. The maximum Gasteiger partial charge on any atom is 0.265 e. The third kappa shape index (κ3) is 4.44. The summed E-state index contributed by atoms with van der Waals surface area (Å²) in [4.78, 5) is 12.0. The van der Waals surface area contributed by atoms with E-state index in [0.29, 0.717) is 11.4 Å². The van der Waals surface area contributed by atoms with Crippen molar-refractivity contribution in [2.45, 2.75) is 13.0 Å². The Morgan fingerprint density at radius 3 is 2.57 bits per heavy atom. The lowest BCUT2D eigenvalue weighted by molar-refractivity contribution is -0.122. The monoisotopic (exact) mass is 371 g/mol. The van der Waals surface area contributed by atoms with Crippen molar-refractivity contribution in [2.24, 2.45) is 0 Å². The van der Waals surface area contributed by atoms with Crippen LogP contribution in [-0.2, 0) is 4.79 Å². The van der Waals surface area contributed by atoms with Crippen LogP contribution in [0.25, 0.3) is 0 Å². The van der Waals surface area contributed by atoms with Crippen molar-refractivity contribution < 1.29 is 13.9 Å². The summed E-state index contributed by atoms with van der Waals surface area (Å²) in [7, 11) is 0. The molecule has 110 valence electrons. The zero-order valence-electron chi connectivity index (χ0n) is 11.1. The molecule has 1 N–H and O–H groups in total. The lowest BCUT2D eigenvalue weighted by Crippen LogP contribution is -2.30. The molecule has 0 saturated heterocycles. The Hall–Kier alpha value is -1.59. The van der Waals surface area contributed by atoms with E-state index in [0.717, 1.165) is 4.47 Å². The lowest BCUT2D eigenvalue weighted by atomic mass is 10.3. The third-order valence-corrected chi connectivity index (χ3v) is 3.50. The van der Waals surface area contributed by atoms with Crippen LogP contribution in [0.2, 0.25) is 5.02 Å². The minimum absolute atomic E-state index is 0.0470. The van der Waals surface area contributed by atoms with Crippen LogP contribution >= 0.6 is 27.5 Å². The van der Waals surface area contributed by atoms with E-state index in [1.54, 1.807) is 19.1 Å². The summed E-state index contributed by atoms with van der Waals surface area (Å²) < 4.78 is 19.5. The van der Waals surface area contributed by atoms with Crippen LogP contribution < -0.4 is 10.1 Å². The molecule has 0 aromatic heterocycles. The summed E-state index contributed by atoms with van der Waals surface area (Å²) in [6.45, 7) is 1.63. The minimum atomic E-state index is -0.699. The molecule has 0 aliphatic carbocycles. The minimum Gasteiger partial charge on any atom is -0.481 e. The molecule has 1 amide bonds. The van der Waals surface area contributed by atoms with Gasteiger partial charge >= 0.3 is 0 Å². The van der Waals surface area contributed by atoms with Crippen LogP contribution in [0.5, 0.6) is 5.75 Å². The number of anilines is 1. The van der Waals surface area contributed by atoms with E-state index in [1.165, 1.54) is 18.2 Å². The second-order valence-electron chi connectivity index (χ2n) is 4.33. The van der Waals surface area contributed by atoms with Gasteiger partial charge in [0.05, 0.1) is 5.02 Å². The van der Waals surface area contributed by atoms with Gasteiger partial charge in [0.1, 0.15) is 11.6 Å². The van der Waals surface area contributed by atoms with Gasteiger partial charge in [0.15, 0.2) is 6.10 Å². The Kier molecular flexibility index (Phi) is 5.20. The number of benzene rings is 2. The van der Waals surface area contributed by atoms with Gasteiger partial charge < -0.3 is 10.1 Å². The Morgan fingerprint density at radius 2 is 1.95 bits per heavy atom. The molecule has 3 nitrogen and oxygen atoms in total. The highest BCUT2D eigenvalue weighted by molar-refractivity contribution is 9.10. The number of nitrogens with one attached hydrogen (secondary N) is 1. The molecule has 0 bridgehead atoms. The van der Waals surface area contributed by atoms with Crippen molar-refractivity contribution >= 4 is 39.1 Å². The molecule has 0 aliphatic rings. The summed E-state index contributed by atoms with van der Waals surface area (Å²) in [6.07, 6.45) is -0.699. The van der Waals surface area contributed by atoms with E-state index in [9.17, 15) is 9.18 Å². The number of halogens is 3. The standard InChI is InChI=1S/C15H12BrClFNO2/c1-9(21-12-5-2-10(16)3-6-12)15(20)19-11-4-7-14(18)13(17)8-11/h2-9H,1H3,(H,19,20)/t9-/m0/s1. The molecule has 0 fully saturated rings. The molecule has 0 spiro atoms. The van der Waals surface area contributed by atoms with E-state index in [2.05, 4.69) is 21.2 Å². The molecule has 0 unspecified atom stereocenters. The molecule has 2 aromatic rings. The molecule has 6 heteroatoms. The van der Waals surface area contributed by atoms with Crippen molar-refractivity contribution in [3.63, 3.8) is 0 Å². The molecule has 0 radical (unpaired) electrons. The second-order valence-corrected chi connectivity index (χ2v) is 5.66. The largest absolute Gasteiger partial charge is 0.481 e. The zero-order chi connectivity index (χ0) is 15.4. The average molecular weight is 373 g/mol. The fourth-order valence-electron chi connectivity index (χ4n) is 1.59. The van der Waals surface area contributed by atoms with Gasteiger partial charge in [-0.2, -0.15) is 0 Å². The highest BCUT2D eigenvalue weighted by Crippen LogP contribution is 2.20. The quantitative estimate of drug-likeness (QED) is 0.848. The normalized spacial score (nSPS) is 11.8. The van der Waals surface area contributed by atoms with Crippen molar-refractivity contribution in [3.05, 3.63) is 57.8 Å². The predicted octanol–water partition coefficient (Wildman–Crippen LogP) is 4.65. The van der Waals surface area contributed by atoms with Gasteiger partial charge in [0, 0.05) is 10.2 Å². The fourth-order valence-corrected chi connectivity index (χ4v) is 2.03. The van der Waals surface area contributed by atoms with Gasteiger partial charge in [-0.05, 0) is 49.4 Å². The zero-order valence-corrected chi connectivity index (χ0v) is 13.4. The molecular formula is C15H12BrClFNO2. The highest BCUT2D eigenvalue weighted by atomic mass is 79.9. The van der Waals surface area contributed by atoms with Crippen LogP contribution in [-0.4, -0.2) is 12.0 Å². The van der Waals surface area contributed by atoms with E-state index in [4.69, 9.17) is 16.3 Å². The number of carbonyl (C=O) groups is 1. The van der Waals surface area contributed by atoms with Gasteiger partial charge in [0.2, 0.25) is 0 Å². The third-order valence-electron chi connectivity index (χ3n) is 2.68. The maximum absolute atomic E-state index is 13.0. The maximum atomic E-state index is 13.0. The fraction of sp³-hybridized carbons (Fsp3) is 0.133. The molecule has 0 saturated carbocycles. The first-order valence-electron chi connectivity index (χ1n) is 6.14. The molecule has 2 aromatic carbocycles. The highest BCUT2D eigenvalue weighted by Gasteiger charge is 2.15. The van der Waals surface area contributed by atoms with Gasteiger partial charge in [-0.3, -0.25) is 4.79 Å². The number of hydrogen-bond donors (Lipinski definition) is 1. The van der Waals surface area contributed by atoms with E-state index >= 15 is 0 Å². The molecule has 2 rings (SSSR count). The van der Waals surface area contributed by atoms with E-state index in [-0.39, 0.29) is 10.9 Å². The van der Waals surface area contributed by atoms with Crippen molar-refractivity contribution in [1.82, 2.24) is 0 Å². The Morgan fingerprint density at radius 1 is 1.29 bits per heavy atom. The van der Waals surface area contributed by atoms with Gasteiger partial charge in [-0.15, -0.1) is 0 Å². The van der Waals surface area contributed by atoms with Crippen LogP contribution in [0.4, 0.5) is 10.1 Å². The van der Waals surface area contributed by atoms with Crippen LogP contribution in [0.15, 0.2) is 46.9 Å². The number of hydrogen-bond acceptors (Lipinski definition) is 2. The molecule has 1 atom stereocenters. The summed E-state index contributed by atoms with van der Waals surface area (Å²) >= 11 is 8.98. The molecular weight excluding hydrogens is 361 g/mol.